The lowest BCUT2D eigenvalue weighted by Gasteiger charge is -2.26. The number of carbonyl (C=O) groups is 1. The van der Waals surface area contributed by atoms with Crippen molar-refractivity contribution in [1.82, 2.24) is 0 Å². The molecule has 2 nitrogen and oxygen atoms in total. The Balaban J connectivity index is 3.29. The van der Waals surface area contributed by atoms with Crippen LogP contribution in [0.25, 0.3) is 0 Å². The third-order valence-electron chi connectivity index (χ3n) is 3.56. The van der Waals surface area contributed by atoms with Gasteiger partial charge in [-0.2, -0.15) is 0 Å². The van der Waals surface area contributed by atoms with Gasteiger partial charge in [-0.3, -0.25) is 4.79 Å². The number of hydrogen-bond acceptors (Lipinski definition) is 2. The van der Waals surface area contributed by atoms with Crippen LogP contribution >= 0.6 is 11.8 Å². The first kappa shape index (κ1) is 18.1. The minimum atomic E-state index is -0.735. The summed E-state index contributed by atoms with van der Waals surface area (Å²) in [7, 11) is 0. The Morgan fingerprint density at radius 1 is 1.05 bits per heavy atom. The molecule has 0 aliphatic heterocycles. The van der Waals surface area contributed by atoms with Crippen molar-refractivity contribution in [1.29, 1.82) is 0 Å². The maximum Gasteiger partial charge on any atom is 0.316 e. The smallest absolute Gasteiger partial charge is 0.316 e. The van der Waals surface area contributed by atoms with E-state index in [0.717, 1.165) is 4.90 Å². The average molecular weight is 308 g/mol. The zero-order chi connectivity index (χ0) is 16.4. The van der Waals surface area contributed by atoms with E-state index >= 15 is 0 Å². The molecular weight excluding hydrogens is 280 g/mol. The van der Waals surface area contributed by atoms with E-state index in [1.54, 1.807) is 0 Å². The van der Waals surface area contributed by atoms with Crippen LogP contribution < -0.4 is 0 Å². The van der Waals surface area contributed by atoms with Crippen molar-refractivity contribution in [3.05, 3.63) is 29.3 Å². The number of carboxylic acids is 1. The van der Waals surface area contributed by atoms with E-state index in [1.807, 2.05) is 6.92 Å². The summed E-state index contributed by atoms with van der Waals surface area (Å²) < 4.78 is 0. The van der Waals surface area contributed by atoms with Gasteiger partial charge in [-0.1, -0.05) is 54.5 Å². The Morgan fingerprint density at radius 3 is 1.76 bits per heavy atom. The zero-order valence-electron chi connectivity index (χ0n) is 14.3. The molecule has 1 unspecified atom stereocenters. The molecule has 0 aromatic heterocycles. The molecule has 0 saturated heterocycles. The van der Waals surface area contributed by atoms with E-state index in [0.29, 0.717) is 6.42 Å². The molecule has 0 aliphatic carbocycles. The van der Waals surface area contributed by atoms with Gasteiger partial charge in [-0.15, -0.1) is 11.8 Å². The molecule has 1 aromatic carbocycles. The number of carboxylic acid groups (broad SMARTS) is 1. The highest BCUT2D eigenvalue weighted by molar-refractivity contribution is 8.00. The first-order valence-corrected chi connectivity index (χ1v) is 8.38. The second-order valence-electron chi connectivity index (χ2n) is 7.60. The third kappa shape index (κ3) is 5.06. The molecule has 3 heteroatoms. The van der Waals surface area contributed by atoms with E-state index < -0.39 is 5.97 Å². The van der Waals surface area contributed by atoms with E-state index in [2.05, 4.69) is 59.7 Å². The quantitative estimate of drug-likeness (QED) is 0.773. The van der Waals surface area contributed by atoms with Crippen molar-refractivity contribution >= 4 is 17.7 Å². The summed E-state index contributed by atoms with van der Waals surface area (Å²) in [5.74, 6) is -0.735. The molecule has 1 rings (SSSR count). The normalized spacial score (nSPS) is 14.0. The first-order chi connectivity index (χ1) is 9.45. The number of thioether (sulfide) groups is 1. The highest BCUT2D eigenvalue weighted by Gasteiger charge is 2.23. The molecule has 0 saturated carbocycles. The largest absolute Gasteiger partial charge is 0.480 e. The molecule has 0 aliphatic rings. The topological polar surface area (TPSA) is 37.3 Å². The second-order valence-corrected chi connectivity index (χ2v) is 8.88. The molecule has 0 amide bonds. The van der Waals surface area contributed by atoms with Gasteiger partial charge >= 0.3 is 5.97 Å². The fraction of sp³-hybridized carbons (Fsp3) is 0.611. The van der Waals surface area contributed by atoms with Crippen LogP contribution in [0.5, 0.6) is 0 Å². The Bertz CT molecular complexity index is 475. The van der Waals surface area contributed by atoms with Gasteiger partial charge in [-0.05, 0) is 40.5 Å². The highest BCUT2D eigenvalue weighted by atomic mass is 32.2. The number of hydrogen-bond donors (Lipinski definition) is 1. The molecule has 1 atom stereocenters. The molecular formula is C18H28O2S. The van der Waals surface area contributed by atoms with Crippen molar-refractivity contribution in [2.45, 2.75) is 75.9 Å². The average Bonchev–Trinajstić information content (AvgIpc) is 2.33. The predicted molar refractivity (Wildman–Crippen MR) is 91.4 cm³/mol. The van der Waals surface area contributed by atoms with Crippen LogP contribution in [-0.2, 0) is 15.6 Å². The van der Waals surface area contributed by atoms with E-state index in [1.165, 1.54) is 22.9 Å². The van der Waals surface area contributed by atoms with Crippen LogP contribution in [0.2, 0.25) is 0 Å². The number of aliphatic carboxylic acids is 1. The van der Waals surface area contributed by atoms with Crippen LogP contribution in [0.3, 0.4) is 0 Å². The Morgan fingerprint density at radius 2 is 1.48 bits per heavy atom. The summed E-state index contributed by atoms with van der Waals surface area (Å²) >= 11 is 1.46. The summed E-state index contributed by atoms with van der Waals surface area (Å²) in [4.78, 5) is 12.3. The minimum absolute atomic E-state index is 0.0570. The van der Waals surface area contributed by atoms with Crippen LogP contribution in [-0.4, -0.2) is 16.3 Å². The Hall–Kier alpha value is -0.960. The summed E-state index contributed by atoms with van der Waals surface area (Å²) in [6.45, 7) is 15.1. The lowest BCUT2D eigenvalue weighted by molar-refractivity contribution is -0.136. The molecule has 0 radical (unpaired) electrons. The van der Waals surface area contributed by atoms with E-state index in [4.69, 9.17) is 0 Å². The summed E-state index contributed by atoms with van der Waals surface area (Å²) in [5, 5.41) is 8.89. The van der Waals surface area contributed by atoms with Crippen molar-refractivity contribution < 1.29 is 9.90 Å². The van der Waals surface area contributed by atoms with Gasteiger partial charge < -0.3 is 5.11 Å². The third-order valence-corrected chi connectivity index (χ3v) is 4.89. The molecule has 1 aromatic rings. The fourth-order valence-corrected chi connectivity index (χ4v) is 2.99. The molecule has 0 fully saturated rings. The van der Waals surface area contributed by atoms with E-state index in [-0.39, 0.29) is 16.1 Å². The van der Waals surface area contributed by atoms with Gasteiger partial charge in [0.1, 0.15) is 5.25 Å². The van der Waals surface area contributed by atoms with Gasteiger partial charge in [0.2, 0.25) is 0 Å². The number of benzene rings is 1. The SMILES string of the molecule is CCC(Sc1cc(C(C)(C)C)cc(C(C)(C)C)c1)C(=O)O. The monoisotopic (exact) mass is 308 g/mol. The zero-order valence-corrected chi connectivity index (χ0v) is 15.1. The predicted octanol–water partition coefficient (Wildman–Crippen LogP) is 5.24. The molecule has 0 heterocycles. The van der Waals surface area contributed by atoms with Crippen molar-refractivity contribution in [3.8, 4) is 0 Å². The Kier molecular flexibility index (Phi) is 5.54. The summed E-state index contributed by atoms with van der Waals surface area (Å²) in [6.07, 6.45) is 0.630. The van der Waals surface area contributed by atoms with Crippen molar-refractivity contribution in [2.75, 3.05) is 0 Å². The maximum absolute atomic E-state index is 11.3. The number of rotatable bonds is 4. The van der Waals surface area contributed by atoms with Crippen LogP contribution in [0, 0.1) is 0 Å². The first-order valence-electron chi connectivity index (χ1n) is 7.50. The lowest BCUT2D eigenvalue weighted by atomic mass is 9.81. The molecule has 0 bridgehead atoms. The standard InChI is InChI=1S/C18H28O2S/c1-8-15(16(19)20)21-14-10-12(17(2,3)4)9-13(11-14)18(5,6)7/h9-11,15H,8H2,1-7H3,(H,19,20). The van der Waals surface area contributed by atoms with Crippen molar-refractivity contribution in [2.24, 2.45) is 0 Å². The molecule has 21 heavy (non-hydrogen) atoms. The molecule has 0 spiro atoms. The van der Waals surface area contributed by atoms with Gasteiger partial charge in [0.05, 0.1) is 0 Å². The second kappa shape index (κ2) is 6.43. The summed E-state index contributed by atoms with van der Waals surface area (Å²) in [6, 6.07) is 6.54. The minimum Gasteiger partial charge on any atom is -0.480 e. The lowest BCUT2D eigenvalue weighted by Crippen LogP contribution is -2.18. The molecule has 1 N–H and O–H groups in total. The van der Waals surface area contributed by atoms with Gasteiger partial charge in [0.25, 0.3) is 0 Å². The van der Waals surface area contributed by atoms with Crippen LogP contribution in [0.4, 0.5) is 0 Å². The van der Waals surface area contributed by atoms with Gasteiger partial charge in [-0.25, -0.2) is 0 Å². The molecule has 118 valence electrons. The van der Waals surface area contributed by atoms with E-state index in [9.17, 15) is 9.90 Å². The summed E-state index contributed by atoms with van der Waals surface area (Å²) in [5.41, 5.74) is 2.64. The maximum atomic E-state index is 11.3. The Labute approximate surface area is 133 Å². The fourth-order valence-electron chi connectivity index (χ4n) is 2.01. The van der Waals surface area contributed by atoms with Gasteiger partial charge in [0.15, 0.2) is 0 Å². The van der Waals surface area contributed by atoms with Gasteiger partial charge in [0, 0.05) is 4.90 Å². The van der Waals surface area contributed by atoms with Crippen LogP contribution in [0.15, 0.2) is 23.1 Å². The highest BCUT2D eigenvalue weighted by Crippen LogP contribution is 2.35. The van der Waals surface area contributed by atoms with Crippen molar-refractivity contribution in [3.63, 3.8) is 0 Å². The van der Waals surface area contributed by atoms with Crippen LogP contribution in [0.1, 0.15) is 66.0 Å².